The Morgan fingerprint density at radius 2 is 1.82 bits per heavy atom. The summed E-state index contributed by atoms with van der Waals surface area (Å²) in [5.41, 5.74) is 9.74. The summed E-state index contributed by atoms with van der Waals surface area (Å²) < 4.78 is 7.26. The van der Waals surface area contributed by atoms with Crippen molar-refractivity contribution in [3.05, 3.63) is 107 Å². The molecule has 7 nitrogen and oxygen atoms in total. The third kappa shape index (κ3) is 5.05. The number of carbonyl (C=O) groups excluding carboxylic acids is 1. The molecule has 5 rings (SSSR count). The molecule has 0 aliphatic carbocycles. The van der Waals surface area contributed by atoms with E-state index < -0.39 is 0 Å². The van der Waals surface area contributed by atoms with Crippen LogP contribution in [0.4, 0.5) is 11.4 Å². The number of hydrogen-bond acceptors (Lipinski definition) is 4. The quantitative estimate of drug-likeness (QED) is 0.286. The first-order valence-electron chi connectivity index (χ1n) is 12.9. The lowest BCUT2D eigenvalue weighted by Crippen LogP contribution is -2.29. The predicted molar refractivity (Wildman–Crippen MR) is 160 cm³/mol. The van der Waals surface area contributed by atoms with Gasteiger partial charge in [-0.3, -0.25) is 9.78 Å². The topological polar surface area (TPSA) is 71.4 Å². The molecule has 2 aromatic carbocycles. The van der Waals surface area contributed by atoms with Crippen LogP contribution in [0.1, 0.15) is 45.9 Å². The van der Waals surface area contributed by atoms with E-state index >= 15 is 0 Å². The smallest absolute Gasteiger partial charge is 0.250 e. The Balaban J connectivity index is 1.60. The van der Waals surface area contributed by atoms with Crippen molar-refractivity contribution in [1.82, 2.24) is 14.9 Å². The van der Waals surface area contributed by atoms with E-state index in [0.717, 1.165) is 22.8 Å². The van der Waals surface area contributed by atoms with E-state index in [2.05, 4.69) is 72.1 Å². The number of amides is 1. The first-order chi connectivity index (χ1) is 18.8. The second-order valence-corrected chi connectivity index (χ2v) is 10.3. The molecule has 200 valence electrons. The van der Waals surface area contributed by atoms with E-state index in [1.807, 2.05) is 48.7 Å². The van der Waals surface area contributed by atoms with Crippen molar-refractivity contribution < 1.29 is 9.53 Å². The Bertz CT molecular complexity index is 1510. The van der Waals surface area contributed by atoms with Gasteiger partial charge in [0, 0.05) is 41.8 Å². The number of rotatable bonds is 7. The zero-order valence-electron chi connectivity index (χ0n) is 22.9. The third-order valence-corrected chi connectivity index (χ3v) is 7.72. The summed E-state index contributed by atoms with van der Waals surface area (Å²) in [6.07, 6.45) is 1.82. The largest absolute Gasteiger partial charge is 0.375 e. The molecule has 0 unspecified atom stereocenters. The Morgan fingerprint density at radius 1 is 1.05 bits per heavy atom. The van der Waals surface area contributed by atoms with Crippen molar-refractivity contribution in [2.75, 3.05) is 23.9 Å². The zero-order valence-corrected chi connectivity index (χ0v) is 23.7. The number of aryl methyl sites for hydroxylation is 2. The van der Waals surface area contributed by atoms with Crippen molar-refractivity contribution in [1.29, 1.82) is 0 Å². The minimum absolute atomic E-state index is 0.00570. The summed E-state index contributed by atoms with van der Waals surface area (Å²) in [6, 6.07) is 22.1. The van der Waals surface area contributed by atoms with Gasteiger partial charge in [-0.15, -0.1) is 0 Å². The Kier molecular flexibility index (Phi) is 7.50. The van der Waals surface area contributed by atoms with E-state index in [9.17, 15) is 4.79 Å². The Hall–Kier alpha value is -4.01. The second-order valence-electron chi connectivity index (χ2n) is 9.91. The van der Waals surface area contributed by atoms with Crippen molar-refractivity contribution in [2.24, 2.45) is 0 Å². The molecular formula is C31H33N5O2S. The van der Waals surface area contributed by atoms with Crippen LogP contribution in [0, 0.1) is 27.7 Å². The maximum absolute atomic E-state index is 12.0. The van der Waals surface area contributed by atoms with Gasteiger partial charge in [-0.1, -0.05) is 18.2 Å². The van der Waals surface area contributed by atoms with Crippen LogP contribution in [0.3, 0.4) is 0 Å². The van der Waals surface area contributed by atoms with Gasteiger partial charge in [0.25, 0.3) is 0 Å². The molecule has 0 bridgehead atoms. The molecule has 4 aromatic rings. The molecule has 1 amide bonds. The highest BCUT2D eigenvalue weighted by Crippen LogP contribution is 2.44. The van der Waals surface area contributed by atoms with E-state index in [4.69, 9.17) is 21.9 Å². The van der Waals surface area contributed by atoms with Crippen LogP contribution in [-0.4, -0.2) is 34.3 Å². The second kappa shape index (κ2) is 11.0. The normalized spacial score (nSPS) is 16.8. The van der Waals surface area contributed by atoms with Crippen LogP contribution in [0.5, 0.6) is 0 Å². The maximum atomic E-state index is 12.0. The van der Waals surface area contributed by atoms with Crippen LogP contribution in [-0.2, 0) is 9.53 Å². The number of carbonyl (C=O) groups is 1. The zero-order chi connectivity index (χ0) is 27.7. The minimum atomic E-state index is -0.199. The lowest BCUT2D eigenvalue weighted by atomic mass is 9.96. The summed E-state index contributed by atoms with van der Waals surface area (Å²) in [4.78, 5) is 18.8. The number of benzene rings is 2. The number of pyridine rings is 1. The minimum Gasteiger partial charge on any atom is -0.375 e. The van der Waals surface area contributed by atoms with Gasteiger partial charge in [-0.05, 0) is 105 Å². The SMILES string of the molecule is COCC(=O)Nc1ccc(N2C(=S)N[C@H](c3ccccn3)[C@H]2c2cc(C)n(-c3cccc(C)c3C)c2C)cc1. The number of anilines is 2. The summed E-state index contributed by atoms with van der Waals surface area (Å²) >= 11 is 5.92. The summed E-state index contributed by atoms with van der Waals surface area (Å²) in [5.74, 6) is -0.199. The fourth-order valence-electron chi connectivity index (χ4n) is 5.42. The van der Waals surface area contributed by atoms with Crippen LogP contribution in [0.15, 0.2) is 72.9 Å². The Labute approximate surface area is 234 Å². The van der Waals surface area contributed by atoms with E-state index in [0.29, 0.717) is 10.8 Å². The van der Waals surface area contributed by atoms with E-state index in [-0.39, 0.29) is 24.6 Å². The molecular weight excluding hydrogens is 506 g/mol. The summed E-state index contributed by atoms with van der Waals surface area (Å²) in [6.45, 7) is 8.65. The number of ether oxygens (including phenoxy) is 1. The molecule has 0 radical (unpaired) electrons. The average Bonchev–Trinajstić information content (AvgIpc) is 3.42. The highest BCUT2D eigenvalue weighted by atomic mass is 32.1. The third-order valence-electron chi connectivity index (χ3n) is 7.41. The van der Waals surface area contributed by atoms with Crippen molar-refractivity contribution in [2.45, 2.75) is 39.8 Å². The van der Waals surface area contributed by atoms with Gasteiger partial charge in [-0.25, -0.2) is 0 Å². The number of methoxy groups -OCH3 is 1. The molecule has 39 heavy (non-hydrogen) atoms. The van der Waals surface area contributed by atoms with E-state index in [1.165, 1.54) is 29.5 Å². The van der Waals surface area contributed by atoms with Gasteiger partial charge in [0.2, 0.25) is 5.91 Å². The number of aromatic nitrogens is 2. The van der Waals surface area contributed by atoms with Crippen LogP contribution < -0.4 is 15.5 Å². The van der Waals surface area contributed by atoms with E-state index in [1.54, 1.807) is 0 Å². The van der Waals surface area contributed by atoms with Gasteiger partial charge in [-0.2, -0.15) is 0 Å². The van der Waals surface area contributed by atoms with Gasteiger partial charge in [0.1, 0.15) is 6.61 Å². The summed E-state index contributed by atoms with van der Waals surface area (Å²) in [7, 11) is 1.50. The molecule has 1 fully saturated rings. The van der Waals surface area contributed by atoms with Gasteiger partial charge in [0.15, 0.2) is 5.11 Å². The molecule has 2 aromatic heterocycles. The van der Waals surface area contributed by atoms with Crippen molar-refractivity contribution >= 4 is 34.6 Å². The molecule has 3 heterocycles. The Morgan fingerprint density at radius 3 is 2.51 bits per heavy atom. The molecule has 8 heteroatoms. The molecule has 0 spiro atoms. The van der Waals surface area contributed by atoms with Gasteiger partial charge in [0.05, 0.1) is 17.8 Å². The van der Waals surface area contributed by atoms with Gasteiger partial charge < -0.3 is 24.8 Å². The lowest BCUT2D eigenvalue weighted by Gasteiger charge is -2.28. The molecule has 1 aliphatic heterocycles. The number of nitrogens with zero attached hydrogens (tertiary/aromatic N) is 3. The fraction of sp³-hybridized carbons (Fsp3) is 0.258. The molecule has 1 saturated heterocycles. The van der Waals surface area contributed by atoms with Crippen molar-refractivity contribution in [3.8, 4) is 5.69 Å². The predicted octanol–water partition coefficient (Wildman–Crippen LogP) is 5.87. The summed E-state index contributed by atoms with van der Waals surface area (Å²) in [5, 5.41) is 7.03. The average molecular weight is 540 g/mol. The molecule has 0 saturated carbocycles. The first kappa shape index (κ1) is 26.6. The maximum Gasteiger partial charge on any atom is 0.250 e. The molecule has 1 aliphatic rings. The highest BCUT2D eigenvalue weighted by Gasteiger charge is 2.42. The molecule has 2 atom stereocenters. The standard InChI is InChI=1S/C31H33N5O2S/c1-19-9-8-11-27(21(19)3)35-20(2)17-25(22(35)4)30-29(26-10-6-7-16-32-26)34-31(39)36(30)24-14-12-23(13-15-24)33-28(37)18-38-5/h6-17,29-30H,18H2,1-5H3,(H,33,37)(H,34,39)/t29-,30-/m1/s1. The molecule has 2 N–H and O–H groups in total. The fourth-order valence-corrected chi connectivity index (χ4v) is 5.76. The van der Waals surface area contributed by atoms with Crippen molar-refractivity contribution in [3.63, 3.8) is 0 Å². The number of hydrogen-bond donors (Lipinski definition) is 2. The number of nitrogens with one attached hydrogen (secondary N) is 2. The first-order valence-corrected chi connectivity index (χ1v) is 13.4. The lowest BCUT2D eigenvalue weighted by molar-refractivity contribution is -0.119. The monoisotopic (exact) mass is 539 g/mol. The van der Waals surface area contributed by atoms with Crippen LogP contribution >= 0.6 is 12.2 Å². The van der Waals surface area contributed by atoms with Gasteiger partial charge >= 0.3 is 0 Å². The van der Waals surface area contributed by atoms with Crippen LogP contribution in [0.25, 0.3) is 5.69 Å². The highest BCUT2D eigenvalue weighted by molar-refractivity contribution is 7.80. The van der Waals surface area contributed by atoms with Crippen LogP contribution in [0.2, 0.25) is 0 Å². The number of thiocarbonyl (C=S) groups is 1.